The molecule has 0 saturated heterocycles. The number of rotatable bonds is 6. The Morgan fingerprint density at radius 3 is 2.65 bits per heavy atom. The van der Waals surface area contributed by atoms with E-state index in [1.807, 2.05) is 29.6 Å². The minimum atomic E-state index is -0.215. The molecule has 7 heteroatoms. The lowest BCUT2D eigenvalue weighted by atomic mass is 10.2. The molecule has 2 aromatic rings. The zero-order valence-electron chi connectivity index (χ0n) is 16.2. The van der Waals surface area contributed by atoms with E-state index in [1.165, 1.54) is 11.8 Å². The van der Waals surface area contributed by atoms with Crippen molar-refractivity contribution in [3.63, 3.8) is 0 Å². The second kappa shape index (κ2) is 10.5. The van der Waals surface area contributed by atoms with E-state index in [1.54, 1.807) is 19.2 Å². The van der Waals surface area contributed by atoms with Gasteiger partial charge in [-0.2, -0.15) is 5.10 Å². The Hall–Kier alpha value is -1.64. The van der Waals surface area contributed by atoms with Gasteiger partial charge in [-0.1, -0.05) is 19.1 Å². The molecule has 2 rings (SSSR count). The number of benzene rings is 1. The van der Waals surface area contributed by atoms with E-state index in [-0.39, 0.29) is 29.8 Å². The lowest BCUT2D eigenvalue weighted by Crippen LogP contribution is -2.41. The second-order valence-electron chi connectivity index (χ2n) is 6.63. The molecule has 144 valence electrons. The summed E-state index contributed by atoms with van der Waals surface area (Å²) in [7, 11) is 3.71. The summed E-state index contributed by atoms with van der Waals surface area (Å²) >= 11 is 0. The van der Waals surface area contributed by atoms with Crippen LogP contribution < -0.4 is 5.32 Å². The van der Waals surface area contributed by atoms with Gasteiger partial charge in [0, 0.05) is 39.4 Å². The number of aromatic nitrogens is 2. The number of hydrogen-bond acceptors (Lipinski definition) is 2. The van der Waals surface area contributed by atoms with Crippen molar-refractivity contribution < 1.29 is 4.39 Å². The summed E-state index contributed by atoms with van der Waals surface area (Å²) in [6.07, 6.45) is 0. The average Bonchev–Trinajstić information content (AvgIpc) is 2.85. The number of guanidine groups is 1. The number of nitrogens with one attached hydrogen (secondary N) is 1. The molecule has 1 aromatic carbocycles. The van der Waals surface area contributed by atoms with Crippen molar-refractivity contribution in [2.24, 2.45) is 10.9 Å². The van der Waals surface area contributed by atoms with E-state index in [4.69, 9.17) is 0 Å². The van der Waals surface area contributed by atoms with Crippen LogP contribution in [0.25, 0.3) is 0 Å². The Morgan fingerprint density at radius 1 is 1.35 bits per heavy atom. The zero-order chi connectivity index (χ0) is 18.4. The second-order valence-corrected chi connectivity index (χ2v) is 6.63. The summed E-state index contributed by atoms with van der Waals surface area (Å²) < 4.78 is 15.4. The lowest BCUT2D eigenvalue weighted by molar-refractivity contribution is 0.418. The predicted octanol–water partition coefficient (Wildman–Crippen LogP) is 3.60. The quantitative estimate of drug-likeness (QED) is 0.396. The van der Waals surface area contributed by atoms with Gasteiger partial charge in [0.15, 0.2) is 5.96 Å². The summed E-state index contributed by atoms with van der Waals surface area (Å²) in [6.45, 7) is 8.52. The summed E-state index contributed by atoms with van der Waals surface area (Å²) in [5.74, 6) is 0.981. The van der Waals surface area contributed by atoms with Crippen LogP contribution in [0.3, 0.4) is 0 Å². The van der Waals surface area contributed by atoms with Gasteiger partial charge in [-0.05, 0) is 43.5 Å². The van der Waals surface area contributed by atoms with Crippen LogP contribution in [-0.2, 0) is 13.1 Å². The number of halogens is 2. The van der Waals surface area contributed by atoms with Gasteiger partial charge in [0.1, 0.15) is 5.82 Å². The molecule has 1 aromatic heterocycles. The fourth-order valence-electron chi connectivity index (χ4n) is 2.85. The predicted molar refractivity (Wildman–Crippen MR) is 116 cm³/mol. The van der Waals surface area contributed by atoms with Gasteiger partial charge in [0.2, 0.25) is 0 Å². The maximum Gasteiger partial charge on any atom is 0.193 e. The van der Waals surface area contributed by atoms with Crippen molar-refractivity contribution in [3.05, 3.63) is 53.1 Å². The van der Waals surface area contributed by atoms with Gasteiger partial charge in [-0.25, -0.2) is 4.39 Å². The van der Waals surface area contributed by atoms with Crippen molar-refractivity contribution in [2.75, 3.05) is 20.6 Å². The first-order chi connectivity index (χ1) is 11.9. The van der Waals surface area contributed by atoms with Gasteiger partial charge in [-0.3, -0.25) is 9.67 Å². The Balaban J connectivity index is 0.00000338. The normalized spacial score (nSPS) is 12.5. The first-order valence-electron chi connectivity index (χ1n) is 8.56. The van der Waals surface area contributed by atoms with E-state index < -0.39 is 0 Å². The van der Waals surface area contributed by atoms with Crippen LogP contribution >= 0.6 is 24.0 Å². The summed E-state index contributed by atoms with van der Waals surface area (Å²) in [5, 5.41) is 7.90. The number of hydrogen-bond donors (Lipinski definition) is 1. The van der Waals surface area contributed by atoms with Crippen LogP contribution in [0.2, 0.25) is 0 Å². The minimum Gasteiger partial charge on any atom is -0.356 e. The molecule has 0 saturated carbocycles. The Bertz CT molecular complexity index is 728. The van der Waals surface area contributed by atoms with Crippen molar-refractivity contribution in [1.82, 2.24) is 20.0 Å². The molecule has 1 heterocycles. The first kappa shape index (κ1) is 22.4. The molecule has 0 spiro atoms. The van der Waals surface area contributed by atoms with Crippen molar-refractivity contribution >= 4 is 29.9 Å². The SMILES string of the molecule is CN=C(NCC(C)Cn1nc(C)cc1C)N(C)Cc1cccc(F)c1.I. The summed E-state index contributed by atoms with van der Waals surface area (Å²) in [5.41, 5.74) is 3.14. The maximum atomic E-state index is 13.3. The van der Waals surface area contributed by atoms with Gasteiger partial charge in [0.25, 0.3) is 0 Å². The maximum absolute atomic E-state index is 13.3. The largest absolute Gasteiger partial charge is 0.356 e. The van der Waals surface area contributed by atoms with Gasteiger partial charge < -0.3 is 10.2 Å². The zero-order valence-corrected chi connectivity index (χ0v) is 18.5. The molecule has 0 bridgehead atoms. The number of aryl methyl sites for hydroxylation is 2. The van der Waals surface area contributed by atoms with Crippen LogP contribution in [0, 0.1) is 25.6 Å². The molecule has 0 amide bonds. The van der Waals surface area contributed by atoms with Gasteiger partial charge >= 0.3 is 0 Å². The molecule has 0 aliphatic rings. The number of nitrogens with zero attached hydrogens (tertiary/aromatic N) is 4. The molecule has 0 radical (unpaired) electrons. The minimum absolute atomic E-state index is 0. The summed E-state index contributed by atoms with van der Waals surface area (Å²) in [4.78, 5) is 6.31. The molecule has 5 nitrogen and oxygen atoms in total. The average molecular weight is 473 g/mol. The molecular formula is C19H29FIN5. The van der Waals surface area contributed by atoms with E-state index in [2.05, 4.69) is 35.3 Å². The molecule has 1 atom stereocenters. The molecule has 26 heavy (non-hydrogen) atoms. The monoisotopic (exact) mass is 473 g/mol. The highest BCUT2D eigenvalue weighted by atomic mass is 127. The van der Waals surface area contributed by atoms with Crippen LogP contribution in [-0.4, -0.2) is 41.3 Å². The van der Waals surface area contributed by atoms with Crippen LogP contribution in [0.15, 0.2) is 35.3 Å². The highest BCUT2D eigenvalue weighted by molar-refractivity contribution is 14.0. The van der Waals surface area contributed by atoms with E-state index in [9.17, 15) is 4.39 Å². The standard InChI is InChI=1S/C19H28FN5.HI/c1-14(12-25-16(3)9-15(2)23-25)11-22-19(21-4)24(5)13-17-7-6-8-18(20)10-17;/h6-10,14H,11-13H2,1-5H3,(H,21,22);1H. The Labute approximate surface area is 172 Å². The van der Waals surface area contributed by atoms with Crippen molar-refractivity contribution in [1.29, 1.82) is 0 Å². The van der Waals surface area contributed by atoms with Crippen LogP contribution in [0.1, 0.15) is 23.9 Å². The highest BCUT2D eigenvalue weighted by Gasteiger charge is 2.11. The first-order valence-corrected chi connectivity index (χ1v) is 8.56. The highest BCUT2D eigenvalue weighted by Crippen LogP contribution is 2.08. The number of aliphatic imine (C=N–C) groups is 1. The third-order valence-corrected chi connectivity index (χ3v) is 4.08. The van der Waals surface area contributed by atoms with Crippen LogP contribution in [0.5, 0.6) is 0 Å². The fraction of sp³-hybridized carbons (Fsp3) is 0.474. The van der Waals surface area contributed by atoms with Gasteiger partial charge in [-0.15, -0.1) is 24.0 Å². The molecule has 0 fully saturated rings. The Morgan fingerprint density at radius 2 is 2.08 bits per heavy atom. The topological polar surface area (TPSA) is 45.5 Å². The molecular weight excluding hydrogens is 444 g/mol. The van der Waals surface area contributed by atoms with E-state index in [0.717, 1.165) is 30.3 Å². The van der Waals surface area contributed by atoms with E-state index >= 15 is 0 Å². The van der Waals surface area contributed by atoms with Crippen LogP contribution in [0.4, 0.5) is 4.39 Å². The van der Waals surface area contributed by atoms with E-state index in [0.29, 0.717) is 12.5 Å². The lowest BCUT2D eigenvalue weighted by Gasteiger charge is -2.24. The third-order valence-electron chi connectivity index (χ3n) is 4.08. The van der Waals surface area contributed by atoms with Crippen molar-refractivity contribution in [2.45, 2.75) is 33.9 Å². The Kier molecular flexibility index (Phi) is 9.04. The fourth-order valence-corrected chi connectivity index (χ4v) is 2.85. The molecule has 0 aliphatic heterocycles. The van der Waals surface area contributed by atoms with Gasteiger partial charge in [0.05, 0.1) is 5.69 Å². The smallest absolute Gasteiger partial charge is 0.193 e. The summed E-state index contributed by atoms with van der Waals surface area (Å²) in [6, 6.07) is 8.74. The molecule has 1 N–H and O–H groups in total. The molecule has 1 unspecified atom stereocenters. The van der Waals surface area contributed by atoms with Crippen molar-refractivity contribution in [3.8, 4) is 0 Å². The third kappa shape index (κ3) is 6.59. The molecule has 0 aliphatic carbocycles.